The molecular weight excluding hydrogens is 466 g/mol. The van der Waals surface area contributed by atoms with E-state index in [-0.39, 0.29) is 40.6 Å². The molecule has 3 aliphatic carbocycles. The van der Waals surface area contributed by atoms with Gasteiger partial charge < -0.3 is 10.2 Å². The number of benzene rings is 1. The van der Waals surface area contributed by atoms with Crippen molar-refractivity contribution in [2.75, 3.05) is 12.4 Å². The number of hydrogen-bond acceptors (Lipinski definition) is 3. The van der Waals surface area contributed by atoms with Crippen LogP contribution in [0.15, 0.2) is 42.5 Å². The Morgan fingerprint density at radius 3 is 2.50 bits per heavy atom. The topological polar surface area (TPSA) is 52.7 Å². The van der Waals surface area contributed by atoms with Crippen molar-refractivity contribution in [3.05, 3.63) is 42.5 Å². The molecule has 0 aromatic heterocycles. The van der Waals surface area contributed by atoms with E-state index in [1.807, 2.05) is 47.2 Å². The smallest absolute Gasteiger partial charge is 0.246 e. The van der Waals surface area contributed by atoms with E-state index in [4.69, 9.17) is 12.2 Å². The van der Waals surface area contributed by atoms with Crippen molar-refractivity contribution in [2.24, 2.45) is 34.5 Å². The summed E-state index contributed by atoms with van der Waals surface area (Å²) in [7, 11) is 1.97. The number of anilines is 1. The maximum Gasteiger partial charge on any atom is 0.246 e. The third kappa shape index (κ3) is 3.91. The fourth-order valence-electron chi connectivity index (χ4n) is 8.61. The van der Waals surface area contributed by atoms with Gasteiger partial charge in [-0.25, -0.2) is 0 Å². The first-order chi connectivity index (χ1) is 17.1. The highest BCUT2D eigenvalue weighted by molar-refractivity contribution is 7.80. The van der Waals surface area contributed by atoms with E-state index in [2.05, 4.69) is 39.1 Å². The molecule has 0 saturated heterocycles. The first-order valence-corrected chi connectivity index (χ1v) is 14.1. The Balaban J connectivity index is 1.37. The van der Waals surface area contributed by atoms with E-state index in [0.717, 1.165) is 44.2 Å². The maximum absolute atomic E-state index is 14.2. The van der Waals surface area contributed by atoms with Crippen molar-refractivity contribution in [3.63, 3.8) is 0 Å². The Labute approximate surface area is 221 Å². The van der Waals surface area contributed by atoms with Crippen LogP contribution in [0.25, 0.3) is 0 Å². The second-order valence-electron chi connectivity index (χ2n) is 12.4. The van der Waals surface area contributed by atoms with Gasteiger partial charge in [0.25, 0.3) is 0 Å². The molecule has 5 rings (SSSR count). The Bertz CT molecular complexity index is 1070. The number of fused-ring (bicyclic) bond motifs is 5. The molecule has 3 saturated carbocycles. The normalized spacial score (nSPS) is 37.2. The van der Waals surface area contributed by atoms with Crippen LogP contribution in [0.3, 0.4) is 0 Å². The SMILES string of the molecule is CC(C)N(C(=O)C1CC[C@H]2[C@@H]3CCC4N(C)C(=O)C=C[C@]4(C)[C@@H]3CC[C@]12C)C(=S)Nc1ccccc1. The van der Waals surface area contributed by atoms with Gasteiger partial charge in [0.05, 0.1) is 0 Å². The first kappa shape index (κ1) is 25.4. The Kier molecular flexibility index (Phi) is 6.55. The average molecular weight is 508 g/mol. The average Bonchev–Trinajstić information content (AvgIpc) is 3.19. The summed E-state index contributed by atoms with van der Waals surface area (Å²) in [5.41, 5.74) is 0.933. The van der Waals surface area contributed by atoms with Crippen LogP contribution in [0.2, 0.25) is 0 Å². The number of nitrogens with zero attached hydrogens (tertiary/aromatic N) is 2. The molecule has 1 aromatic carbocycles. The summed E-state index contributed by atoms with van der Waals surface area (Å²) < 4.78 is 0. The number of carbonyl (C=O) groups is 2. The molecule has 0 radical (unpaired) electrons. The van der Waals surface area contributed by atoms with Crippen molar-refractivity contribution >= 4 is 34.8 Å². The zero-order chi connectivity index (χ0) is 25.8. The number of amides is 2. The maximum atomic E-state index is 14.2. The van der Waals surface area contributed by atoms with Gasteiger partial charge in [-0.1, -0.05) is 38.1 Å². The molecule has 2 unspecified atom stereocenters. The second kappa shape index (κ2) is 9.27. The number of para-hydroxylation sites is 1. The Morgan fingerprint density at radius 1 is 1.08 bits per heavy atom. The molecule has 1 aliphatic heterocycles. The highest BCUT2D eigenvalue weighted by atomic mass is 32.1. The molecule has 4 aliphatic rings. The molecule has 194 valence electrons. The lowest BCUT2D eigenvalue weighted by atomic mass is 9.47. The van der Waals surface area contributed by atoms with Crippen LogP contribution >= 0.6 is 12.2 Å². The largest absolute Gasteiger partial charge is 0.338 e. The summed E-state index contributed by atoms with van der Waals surface area (Å²) in [5, 5.41) is 3.79. The molecule has 7 atom stereocenters. The zero-order valence-corrected chi connectivity index (χ0v) is 23.2. The second-order valence-corrected chi connectivity index (χ2v) is 12.8. The van der Waals surface area contributed by atoms with Crippen LogP contribution < -0.4 is 5.32 Å². The van der Waals surface area contributed by atoms with Crippen molar-refractivity contribution < 1.29 is 9.59 Å². The number of thiocarbonyl (C=S) groups is 1. The van der Waals surface area contributed by atoms with Gasteiger partial charge >= 0.3 is 0 Å². The van der Waals surface area contributed by atoms with Crippen molar-refractivity contribution in [2.45, 2.75) is 78.3 Å². The summed E-state index contributed by atoms with van der Waals surface area (Å²) in [6.07, 6.45) is 10.5. The van der Waals surface area contributed by atoms with Crippen LogP contribution in [-0.2, 0) is 9.59 Å². The highest BCUT2D eigenvalue weighted by Gasteiger charge is 2.62. The van der Waals surface area contributed by atoms with Crippen LogP contribution in [0.4, 0.5) is 5.69 Å². The molecule has 1 heterocycles. The van der Waals surface area contributed by atoms with Crippen LogP contribution in [0.5, 0.6) is 0 Å². The number of carbonyl (C=O) groups excluding carboxylic acids is 2. The van der Waals surface area contributed by atoms with E-state index in [0.29, 0.717) is 22.9 Å². The third-order valence-corrected chi connectivity index (χ3v) is 10.7. The van der Waals surface area contributed by atoms with Gasteiger partial charge in [-0.2, -0.15) is 0 Å². The summed E-state index contributed by atoms with van der Waals surface area (Å²) >= 11 is 5.77. The van der Waals surface area contributed by atoms with Gasteiger partial charge in [0.2, 0.25) is 11.8 Å². The fraction of sp³-hybridized carbons (Fsp3) is 0.633. The van der Waals surface area contributed by atoms with E-state index in [9.17, 15) is 9.59 Å². The summed E-state index contributed by atoms with van der Waals surface area (Å²) in [6.45, 7) is 8.87. The van der Waals surface area contributed by atoms with Crippen molar-refractivity contribution in [3.8, 4) is 0 Å². The minimum absolute atomic E-state index is 0.00180. The van der Waals surface area contributed by atoms with Gasteiger partial charge in [0.1, 0.15) is 0 Å². The molecule has 6 heteroatoms. The molecule has 3 fully saturated rings. The van der Waals surface area contributed by atoms with Crippen LogP contribution in [-0.4, -0.2) is 45.9 Å². The lowest BCUT2D eigenvalue weighted by Gasteiger charge is -2.60. The van der Waals surface area contributed by atoms with E-state index in [1.165, 1.54) is 0 Å². The number of rotatable bonds is 3. The van der Waals surface area contributed by atoms with E-state index in [1.54, 1.807) is 6.08 Å². The lowest BCUT2D eigenvalue weighted by molar-refractivity contribution is -0.145. The van der Waals surface area contributed by atoms with Crippen molar-refractivity contribution in [1.82, 2.24) is 9.80 Å². The van der Waals surface area contributed by atoms with Gasteiger partial charge in [-0.15, -0.1) is 0 Å². The van der Waals surface area contributed by atoms with Gasteiger partial charge in [0, 0.05) is 36.2 Å². The number of hydrogen-bond donors (Lipinski definition) is 1. The summed E-state index contributed by atoms with van der Waals surface area (Å²) in [5.74, 6) is 2.04. The first-order valence-electron chi connectivity index (χ1n) is 13.7. The minimum Gasteiger partial charge on any atom is -0.338 e. The van der Waals surface area contributed by atoms with Crippen LogP contribution in [0.1, 0.15) is 66.2 Å². The minimum atomic E-state index is -0.00463. The molecule has 5 nitrogen and oxygen atoms in total. The number of nitrogens with one attached hydrogen (secondary N) is 1. The van der Waals surface area contributed by atoms with Crippen LogP contribution in [0, 0.1) is 34.5 Å². The molecule has 0 bridgehead atoms. The Hall–Kier alpha value is -2.21. The lowest BCUT2D eigenvalue weighted by Crippen LogP contribution is -2.60. The molecular formula is C30H41N3O2S. The zero-order valence-electron chi connectivity index (χ0n) is 22.4. The fourth-order valence-corrected chi connectivity index (χ4v) is 9.02. The van der Waals surface area contributed by atoms with E-state index < -0.39 is 0 Å². The van der Waals surface area contributed by atoms with Crippen molar-refractivity contribution in [1.29, 1.82) is 0 Å². The van der Waals surface area contributed by atoms with Gasteiger partial charge in [0.15, 0.2) is 5.11 Å². The molecule has 36 heavy (non-hydrogen) atoms. The Morgan fingerprint density at radius 2 is 1.81 bits per heavy atom. The summed E-state index contributed by atoms with van der Waals surface area (Å²) in [6, 6.07) is 10.2. The third-order valence-electron chi connectivity index (χ3n) is 10.4. The van der Waals surface area contributed by atoms with Gasteiger partial charge in [-0.3, -0.25) is 14.5 Å². The highest BCUT2D eigenvalue weighted by Crippen LogP contribution is 2.65. The quantitative estimate of drug-likeness (QED) is 0.520. The predicted molar refractivity (Wildman–Crippen MR) is 148 cm³/mol. The molecule has 1 aromatic rings. The van der Waals surface area contributed by atoms with Gasteiger partial charge in [-0.05, 0) is 106 Å². The standard InChI is InChI=1S/C30H41N3O2S/c1-19(2)33(28(36)31-20-9-7-6-8-10-20)27(35)24-13-12-22-21-11-14-25-30(4,18-16-26(34)32(25)5)23(21)15-17-29(22,24)3/h6-10,16,18-19,21-25H,11-15,17H2,1-5H3,(H,31,36)/t21-,22-,23+,24?,25?,29-,30+/m0/s1. The monoisotopic (exact) mass is 507 g/mol. The number of likely N-dealkylation sites (N-methyl/N-ethyl adjacent to an activating group) is 1. The molecule has 1 N–H and O–H groups in total. The summed E-state index contributed by atoms with van der Waals surface area (Å²) in [4.78, 5) is 30.3. The molecule has 0 spiro atoms. The molecule has 2 amide bonds. The predicted octanol–water partition coefficient (Wildman–Crippen LogP) is 5.88. The van der Waals surface area contributed by atoms with E-state index >= 15 is 0 Å².